The summed E-state index contributed by atoms with van der Waals surface area (Å²) in [6.45, 7) is 4.60. The van der Waals surface area contributed by atoms with Crippen LogP contribution in [0.25, 0.3) is 16.9 Å². The van der Waals surface area contributed by atoms with Crippen LogP contribution in [0.5, 0.6) is 0 Å². The number of hydrogen-bond acceptors (Lipinski definition) is 2. The number of aromatic nitrogens is 2. The normalized spacial score (nSPS) is 11.2. The number of pyridine rings is 1. The summed E-state index contributed by atoms with van der Waals surface area (Å²) < 4.78 is 1.97. The summed E-state index contributed by atoms with van der Waals surface area (Å²) in [7, 11) is 0. The molecule has 2 N–H and O–H groups in total. The molecular formula is C16H16ClN3. The van der Waals surface area contributed by atoms with Crippen molar-refractivity contribution < 1.29 is 0 Å². The standard InChI is InChI=1S/C16H16ClN3/c1-10-5-6-12(11(2)8-10)15-14(9-18)20-7-3-4-13(17)16(20)19-15/h3-8H,9,18H2,1-2H3. The van der Waals surface area contributed by atoms with Crippen molar-refractivity contribution in [3.05, 3.63) is 58.4 Å². The molecule has 0 aliphatic carbocycles. The average Bonchev–Trinajstić information content (AvgIpc) is 2.78. The van der Waals surface area contributed by atoms with Crippen LogP contribution < -0.4 is 5.73 Å². The molecular weight excluding hydrogens is 270 g/mol. The van der Waals surface area contributed by atoms with Crippen LogP contribution in [-0.2, 0) is 6.54 Å². The highest BCUT2D eigenvalue weighted by atomic mass is 35.5. The van der Waals surface area contributed by atoms with Gasteiger partial charge in [-0.1, -0.05) is 35.4 Å². The van der Waals surface area contributed by atoms with Gasteiger partial charge in [-0.3, -0.25) is 0 Å². The maximum Gasteiger partial charge on any atom is 0.156 e. The lowest BCUT2D eigenvalue weighted by Crippen LogP contribution is -2.02. The van der Waals surface area contributed by atoms with Crippen LogP contribution in [0.15, 0.2) is 36.5 Å². The van der Waals surface area contributed by atoms with Crippen LogP contribution in [0, 0.1) is 13.8 Å². The van der Waals surface area contributed by atoms with Crippen molar-refractivity contribution >= 4 is 17.2 Å². The lowest BCUT2D eigenvalue weighted by molar-refractivity contribution is 0.961. The van der Waals surface area contributed by atoms with Crippen LogP contribution in [0.3, 0.4) is 0 Å². The average molecular weight is 286 g/mol. The van der Waals surface area contributed by atoms with Crippen LogP contribution in [-0.4, -0.2) is 9.38 Å². The lowest BCUT2D eigenvalue weighted by atomic mass is 10.0. The minimum Gasteiger partial charge on any atom is -0.325 e. The number of fused-ring (bicyclic) bond motifs is 1. The van der Waals surface area contributed by atoms with Gasteiger partial charge in [0.25, 0.3) is 0 Å². The Morgan fingerprint density at radius 3 is 2.75 bits per heavy atom. The maximum atomic E-state index is 6.23. The number of imidazole rings is 1. The van der Waals surface area contributed by atoms with Crippen molar-refractivity contribution in [2.24, 2.45) is 5.73 Å². The molecule has 0 aliphatic heterocycles. The molecule has 0 unspecified atom stereocenters. The Balaban J connectivity index is 2.33. The molecule has 0 saturated heterocycles. The van der Waals surface area contributed by atoms with E-state index in [9.17, 15) is 0 Å². The molecule has 3 rings (SSSR count). The van der Waals surface area contributed by atoms with Crippen molar-refractivity contribution in [1.82, 2.24) is 9.38 Å². The van der Waals surface area contributed by atoms with Gasteiger partial charge in [0, 0.05) is 18.3 Å². The molecule has 0 fully saturated rings. The highest BCUT2D eigenvalue weighted by molar-refractivity contribution is 6.33. The number of aryl methyl sites for hydroxylation is 2. The third kappa shape index (κ3) is 1.99. The number of nitrogens with zero attached hydrogens (tertiary/aromatic N) is 2. The maximum absolute atomic E-state index is 6.23. The smallest absolute Gasteiger partial charge is 0.156 e. The molecule has 0 spiro atoms. The monoisotopic (exact) mass is 285 g/mol. The van der Waals surface area contributed by atoms with Gasteiger partial charge in [0.2, 0.25) is 0 Å². The predicted octanol–water partition coefficient (Wildman–Crippen LogP) is 3.73. The van der Waals surface area contributed by atoms with E-state index in [1.165, 1.54) is 11.1 Å². The van der Waals surface area contributed by atoms with Gasteiger partial charge in [-0.25, -0.2) is 4.98 Å². The number of benzene rings is 1. The molecule has 2 heterocycles. The van der Waals surface area contributed by atoms with Crippen molar-refractivity contribution in [3.63, 3.8) is 0 Å². The first kappa shape index (κ1) is 13.2. The van der Waals surface area contributed by atoms with E-state index in [4.69, 9.17) is 22.3 Å². The second-order valence-corrected chi connectivity index (χ2v) is 5.39. The Labute approximate surface area is 123 Å². The molecule has 1 aromatic carbocycles. The molecule has 0 atom stereocenters. The molecule has 2 aromatic heterocycles. The van der Waals surface area contributed by atoms with Crippen molar-refractivity contribution in [3.8, 4) is 11.3 Å². The summed E-state index contributed by atoms with van der Waals surface area (Å²) in [5.41, 5.74) is 12.1. The molecule has 0 aliphatic rings. The van der Waals surface area contributed by atoms with E-state index in [0.717, 1.165) is 22.6 Å². The van der Waals surface area contributed by atoms with Gasteiger partial charge in [-0.2, -0.15) is 0 Å². The zero-order chi connectivity index (χ0) is 14.3. The first-order valence-corrected chi connectivity index (χ1v) is 6.92. The van der Waals surface area contributed by atoms with E-state index in [2.05, 4.69) is 32.0 Å². The minimum absolute atomic E-state index is 0.421. The zero-order valence-corrected chi connectivity index (χ0v) is 12.3. The van der Waals surface area contributed by atoms with Crippen LogP contribution in [0.4, 0.5) is 0 Å². The second-order valence-electron chi connectivity index (χ2n) is 4.98. The summed E-state index contributed by atoms with van der Waals surface area (Å²) in [6, 6.07) is 10.1. The van der Waals surface area contributed by atoms with Gasteiger partial charge in [0.15, 0.2) is 5.65 Å². The number of hydrogen-bond donors (Lipinski definition) is 1. The molecule has 0 amide bonds. The molecule has 3 aromatic rings. The third-order valence-corrected chi connectivity index (χ3v) is 3.83. The fraction of sp³-hybridized carbons (Fsp3) is 0.188. The minimum atomic E-state index is 0.421. The predicted molar refractivity (Wildman–Crippen MR) is 83.0 cm³/mol. The SMILES string of the molecule is Cc1ccc(-c2nc3c(Cl)cccn3c2CN)c(C)c1. The topological polar surface area (TPSA) is 43.3 Å². The highest BCUT2D eigenvalue weighted by Crippen LogP contribution is 2.29. The largest absolute Gasteiger partial charge is 0.325 e. The van der Waals surface area contributed by atoms with E-state index in [1.807, 2.05) is 22.7 Å². The molecule has 0 saturated carbocycles. The van der Waals surface area contributed by atoms with Crippen LogP contribution >= 0.6 is 11.6 Å². The number of nitrogens with two attached hydrogens (primary N) is 1. The molecule has 0 radical (unpaired) electrons. The van der Waals surface area contributed by atoms with Gasteiger partial charge in [0.05, 0.1) is 16.4 Å². The molecule has 0 bridgehead atoms. The Bertz CT molecular complexity index is 790. The fourth-order valence-electron chi connectivity index (χ4n) is 2.57. The highest BCUT2D eigenvalue weighted by Gasteiger charge is 2.15. The Morgan fingerprint density at radius 2 is 2.05 bits per heavy atom. The van der Waals surface area contributed by atoms with Gasteiger partial charge in [-0.05, 0) is 31.5 Å². The van der Waals surface area contributed by atoms with Gasteiger partial charge in [-0.15, -0.1) is 0 Å². The summed E-state index contributed by atoms with van der Waals surface area (Å²) in [5, 5.41) is 0.637. The van der Waals surface area contributed by atoms with E-state index in [-0.39, 0.29) is 0 Å². The lowest BCUT2D eigenvalue weighted by Gasteiger charge is -2.06. The number of halogens is 1. The van der Waals surface area contributed by atoms with E-state index in [0.29, 0.717) is 11.6 Å². The quantitative estimate of drug-likeness (QED) is 0.779. The number of rotatable bonds is 2. The fourth-order valence-corrected chi connectivity index (χ4v) is 2.78. The van der Waals surface area contributed by atoms with Gasteiger partial charge < -0.3 is 10.1 Å². The van der Waals surface area contributed by atoms with Crippen molar-refractivity contribution in [1.29, 1.82) is 0 Å². The summed E-state index contributed by atoms with van der Waals surface area (Å²) in [6.07, 6.45) is 1.95. The Morgan fingerprint density at radius 1 is 1.25 bits per heavy atom. The Kier molecular flexibility index (Phi) is 3.24. The first-order valence-electron chi connectivity index (χ1n) is 6.55. The Hall–Kier alpha value is -1.84. The van der Waals surface area contributed by atoms with E-state index in [1.54, 1.807) is 0 Å². The molecule has 102 valence electrons. The van der Waals surface area contributed by atoms with Crippen LogP contribution in [0.2, 0.25) is 5.02 Å². The van der Waals surface area contributed by atoms with Crippen molar-refractivity contribution in [2.45, 2.75) is 20.4 Å². The first-order chi connectivity index (χ1) is 9.61. The zero-order valence-electron chi connectivity index (χ0n) is 11.5. The summed E-state index contributed by atoms with van der Waals surface area (Å²) in [5.74, 6) is 0. The van der Waals surface area contributed by atoms with E-state index < -0.39 is 0 Å². The summed E-state index contributed by atoms with van der Waals surface area (Å²) in [4.78, 5) is 4.69. The van der Waals surface area contributed by atoms with E-state index >= 15 is 0 Å². The summed E-state index contributed by atoms with van der Waals surface area (Å²) >= 11 is 6.23. The molecule has 4 heteroatoms. The van der Waals surface area contributed by atoms with Crippen LogP contribution in [0.1, 0.15) is 16.8 Å². The van der Waals surface area contributed by atoms with Gasteiger partial charge in [0.1, 0.15) is 0 Å². The van der Waals surface area contributed by atoms with Crippen molar-refractivity contribution in [2.75, 3.05) is 0 Å². The molecule has 20 heavy (non-hydrogen) atoms. The molecule has 3 nitrogen and oxygen atoms in total. The van der Waals surface area contributed by atoms with Gasteiger partial charge >= 0.3 is 0 Å². The third-order valence-electron chi connectivity index (χ3n) is 3.53. The second kappa shape index (κ2) is 4.93.